The van der Waals surface area contributed by atoms with Crippen LogP contribution >= 0.6 is 0 Å². The van der Waals surface area contributed by atoms with Crippen LogP contribution in [0.5, 0.6) is 0 Å². The third-order valence-electron chi connectivity index (χ3n) is 3.51. The van der Waals surface area contributed by atoms with Gasteiger partial charge in [-0.15, -0.1) is 0 Å². The van der Waals surface area contributed by atoms with Crippen LogP contribution in [0.2, 0.25) is 0 Å². The minimum absolute atomic E-state index is 0.0183. The number of benzene rings is 1. The quantitative estimate of drug-likeness (QED) is 0.736. The first-order chi connectivity index (χ1) is 11.9. The Morgan fingerprint density at radius 3 is 2.00 bits per heavy atom. The molecule has 0 saturated carbocycles. The monoisotopic (exact) mass is 388 g/mol. The van der Waals surface area contributed by atoms with Crippen LogP contribution < -0.4 is 10.2 Å². The number of anilines is 1. The number of amides is 2. The number of nitrogens with one attached hydrogen (secondary N) is 1. The van der Waals surface area contributed by atoms with E-state index in [4.69, 9.17) is 4.74 Å². The molecule has 148 valence electrons. The van der Waals surface area contributed by atoms with Crippen molar-refractivity contribution in [3.05, 3.63) is 29.8 Å². The molecule has 1 aromatic rings. The number of hydrogen-bond donors (Lipinski definition) is 2. The normalized spacial score (nSPS) is 12.8. The second-order valence-corrected chi connectivity index (χ2v) is 5.23. The van der Waals surface area contributed by atoms with Crippen LogP contribution in [0.4, 0.5) is 36.8 Å². The number of hydrogen-bond acceptors (Lipinski definition) is 3. The van der Waals surface area contributed by atoms with E-state index in [1.807, 2.05) is 0 Å². The largest absolute Gasteiger partial charge is 0.430 e. The lowest BCUT2D eigenvalue weighted by Crippen LogP contribution is -2.53. The number of urea groups is 1. The third kappa shape index (κ3) is 4.39. The number of carbonyl (C=O) groups is 1. The molecule has 26 heavy (non-hydrogen) atoms. The van der Waals surface area contributed by atoms with Gasteiger partial charge in [-0.05, 0) is 19.1 Å². The Kier molecular flexibility index (Phi) is 6.88. The topological polar surface area (TPSA) is 61.8 Å². The smallest absolute Gasteiger partial charge is 0.383 e. The number of rotatable bonds is 6. The van der Waals surface area contributed by atoms with Gasteiger partial charge in [0.1, 0.15) is 0 Å². The van der Waals surface area contributed by atoms with E-state index in [1.165, 1.54) is 7.11 Å². The summed E-state index contributed by atoms with van der Waals surface area (Å²) in [6.07, 6.45) is -11.9. The van der Waals surface area contributed by atoms with Gasteiger partial charge in [-0.1, -0.05) is 12.1 Å². The highest BCUT2D eigenvalue weighted by molar-refractivity contribution is 5.91. The Hall–Kier alpha value is -2.01. The van der Waals surface area contributed by atoms with E-state index in [-0.39, 0.29) is 25.4 Å². The molecule has 0 saturated heterocycles. The molecule has 1 rings (SSSR count). The maximum atomic E-state index is 12.9. The lowest BCUT2D eigenvalue weighted by atomic mass is 9.92. The summed E-state index contributed by atoms with van der Waals surface area (Å²) in [5.41, 5.74) is -6.37. The molecule has 0 aliphatic carbocycles. The molecule has 0 heterocycles. The lowest BCUT2D eigenvalue weighted by Gasteiger charge is -2.33. The van der Waals surface area contributed by atoms with E-state index >= 15 is 0 Å². The molecule has 2 N–H and O–H groups in total. The van der Waals surface area contributed by atoms with Crippen molar-refractivity contribution >= 4 is 11.7 Å². The van der Waals surface area contributed by atoms with E-state index in [1.54, 1.807) is 6.92 Å². The van der Waals surface area contributed by atoms with Gasteiger partial charge in [-0.25, -0.2) is 4.79 Å². The van der Waals surface area contributed by atoms with Gasteiger partial charge < -0.3 is 15.2 Å². The highest BCUT2D eigenvalue weighted by atomic mass is 19.4. The van der Waals surface area contributed by atoms with E-state index in [0.717, 1.165) is 17.0 Å². The van der Waals surface area contributed by atoms with Crippen LogP contribution in [0.15, 0.2) is 24.3 Å². The molecule has 0 unspecified atom stereocenters. The van der Waals surface area contributed by atoms with Crippen molar-refractivity contribution in [2.45, 2.75) is 24.9 Å². The molecule has 0 spiro atoms. The van der Waals surface area contributed by atoms with Crippen molar-refractivity contribution in [3.63, 3.8) is 0 Å². The summed E-state index contributed by atoms with van der Waals surface area (Å²) in [5, 5.41) is 11.8. The van der Waals surface area contributed by atoms with Gasteiger partial charge in [-0.3, -0.25) is 4.90 Å². The van der Waals surface area contributed by atoms with E-state index in [9.17, 15) is 36.2 Å². The van der Waals surface area contributed by atoms with Gasteiger partial charge in [0, 0.05) is 24.9 Å². The zero-order valence-corrected chi connectivity index (χ0v) is 13.9. The van der Waals surface area contributed by atoms with E-state index in [0.29, 0.717) is 12.1 Å². The summed E-state index contributed by atoms with van der Waals surface area (Å²) in [4.78, 5) is 13.1. The first kappa shape index (κ1) is 22.0. The fraction of sp³-hybridized carbons (Fsp3) is 0.533. The number of aliphatic hydroxyl groups is 1. The predicted octanol–water partition coefficient (Wildman–Crippen LogP) is 3.18. The highest BCUT2D eigenvalue weighted by Gasteiger charge is 2.71. The molecule has 0 aliphatic heterocycles. The first-order valence-corrected chi connectivity index (χ1v) is 7.40. The maximum absolute atomic E-state index is 12.9. The van der Waals surface area contributed by atoms with Gasteiger partial charge in [0.25, 0.3) is 5.60 Å². The molecule has 0 aliphatic rings. The first-order valence-electron chi connectivity index (χ1n) is 7.40. The Labute approximate surface area is 145 Å². The molecule has 2 amide bonds. The number of halogens is 6. The Bertz CT molecular complexity index is 587. The van der Waals surface area contributed by atoms with Crippen molar-refractivity contribution in [1.29, 1.82) is 0 Å². The summed E-state index contributed by atoms with van der Waals surface area (Å²) < 4.78 is 82.1. The van der Waals surface area contributed by atoms with Crippen LogP contribution in [0.3, 0.4) is 0 Å². The van der Waals surface area contributed by atoms with Crippen LogP contribution in [0, 0.1) is 0 Å². The van der Waals surface area contributed by atoms with Gasteiger partial charge in [0.2, 0.25) is 0 Å². The number of carbonyl (C=O) groups excluding carboxylic acids is 1. The number of ether oxygens (including phenoxy) is 1. The number of nitrogens with zero attached hydrogens (tertiary/aromatic N) is 1. The van der Waals surface area contributed by atoms with Crippen molar-refractivity contribution in [3.8, 4) is 0 Å². The molecule has 0 atom stereocenters. The maximum Gasteiger partial charge on any atom is 0.430 e. The Morgan fingerprint density at radius 2 is 1.62 bits per heavy atom. The fourth-order valence-corrected chi connectivity index (χ4v) is 2.15. The number of methoxy groups -OCH3 is 1. The molecule has 1 aromatic carbocycles. The second kappa shape index (κ2) is 8.12. The van der Waals surface area contributed by atoms with Crippen LogP contribution in [-0.2, 0) is 10.3 Å². The number of alkyl halides is 6. The average molecular weight is 388 g/mol. The van der Waals surface area contributed by atoms with Gasteiger partial charge >= 0.3 is 18.4 Å². The van der Waals surface area contributed by atoms with Crippen LogP contribution in [-0.4, -0.2) is 50.3 Å². The molecule has 0 fully saturated rings. The zero-order chi connectivity index (χ0) is 20.2. The summed E-state index contributed by atoms with van der Waals surface area (Å²) >= 11 is 0. The summed E-state index contributed by atoms with van der Waals surface area (Å²) in [6, 6.07) is 2.15. The van der Waals surface area contributed by atoms with Gasteiger partial charge in [0.05, 0.1) is 13.2 Å². The standard InChI is InChI=1S/C15H18F6N2O3/c1-3-22-12(24)23(8-9-26-2)11-6-4-10(5-7-11)13(25,14(16,17)18)15(19,20)21/h4-7,25H,3,8-9H2,1-2H3,(H,22,24). The van der Waals surface area contributed by atoms with Crippen LogP contribution in [0.1, 0.15) is 12.5 Å². The minimum atomic E-state index is -5.97. The average Bonchev–Trinajstić information content (AvgIpc) is 2.53. The van der Waals surface area contributed by atoms with Crippen molar-refractivity contribution in [1.82, 2.24) is 5.32 Å². The van der Waals surface area contributed by atoms with Crippen molar-refractivity contribution < 1.29 is 41.0 Å². The predicted molar refractivity (Wildman–Crippen MR) is 80.7 cm³/mol. The molecular weight excluding hydrogens is 370 g/mol. The molecule has 0 radical (unpaired) electrons. The van der Waals surface area contributed by atoms with Crippen molar-refractivity contribution in [2.24, 2.45) is 0 Å². The SMILES string of the molecule is CCNC(=O)N(CCOC)c1ccc(C(O)(C(F)(F)F)C(F)(F)F)cc1. The Balaban J connectivity index is 3.28. The van der Waals surface area contributed by atoms with Crippen molar-refractivity contribution in [2.75, 3.05) is 31.7 Å². The van der Waals surface area contributed by atoms with E-state index < -0.39 is 29.5 Å². The van der Waals surface area contributed by atoms with Gasteiger partial charge in [-0.2, -0.15) is 26.3 Å². The fourth-order valence-electron chi connectivity index (χ4n) is 2.15. The molecule has 5 nitrogen and oxygen atoms in total. The molecule has 0 bridgehead atoms. The van der Waals surface area contributed by atoms with E-state index in [2.05, 4.69) is 5.32 Å². The highest BCUT2D eigenvalue weighted by Crippen LogP contribution is 2.50. The lowest BCUT2D eigenvalue weighted by molar-refractivity contribution is -0.376. The minimum Gasteiger partial charge on any atom is -0.383 e. The summed E-state index contributed by atoms with van der Waals surface area (Å²) in [5.74, 6) is 0. The molecular formula is C15H18F6N2O3. The molecule has 11 heteroatoms. The summed E-state index contributed by atoms with van der Waals surface area (Å²) in [6.45, 7) is 2.02. The van der Waals surface area contributed by atoms with Gasteiger partial charge in [0.15, 0.2) is 0 Å². The van der Waals surface area contributed by atoms with Crippen LogP contribution in [0.25, 0.3) is 0 Å². The zero-order valence-electron chi connectivity index (χ0n) is 13.9. The molecule has 0 aromatic heterocycles. The third-order valence-corrected chi connectivity index (χ3v) is 3.51. The second-order valence-electron chi connectivity index (χ2n) is 5.23. The summed E-state index contributed by atoms with van der Waals surface area (Å²) in [7, 11) is 1.37. The Morgan fingerprint density at radius 1 is 1.12 bits per heavy atom.